The Morgan fingerprint density at radius 1 is 1.53 bits per heavy atom. The van der Waals surface area contributed by atoms with Gasteiger partial charge in [-0.3, -0.25) is 4.79 Å². The van der Waals surface area contributed by atoms with Crippen molar-refractivity contribution in [2.45, 2.75) is 31.7 Å². The number of carbonyl (C=O) groups excluding carboxylic acids is 1. The van der Waals surface area contributed by atoms with Crippen molar-refractivity contribution in [2.24, 2.45) is 11.7 Å². The molecule has 106 valence electrons. The number of halogens is 2. The molecule has 1 aliphatic rings. The minimum atomic E-state index is -0.199. The molecular formula is C14H20Cl2N2O. The molecule has 0 aliphatic heterocycles. The van der Waals surface area contributed by atoms with Gasteiger partial charge in [0.05, 0.1) is 5.92 Å². The van der Waals surface area contributed by atoms with Gasteiger partial charge in [0, 0.05) is 17.6 Å². The lowest BCUT2D eigenvalue weighted by molar-refractivity contribution is -0.122. The summed E-state index contributed by atoms with van der Waals surface area (Å²) in [5, 5.41) is 3.57. The highest BCUT2D eigenvalue weighted by atomic mass is 35.5. The van der Waals surface area contributed by atoms with Gasteiger partial charge in [0.2, 0.25) is 5.91 Å². The number of hydrogen-bond donors (Lipinski definition) is 2. The molecule has 3 N–H and O–H groups in total. The Bertz CT molecular complexity index is 435. The highest BCUT2D eigenvalue weighted by Crippen LogP contribution is 2.31. The summed E-state index contributed by atoms with van der Waals surface area (Å²) in [5.74, 6) is 0.412. The van der Waals surface area contributed by atoms with Gasteiger partial charge in [-0.1, -0.05) is 23.7 Å². The molecule has 1 saturated carbocycles. The first-order valence-corrected chi connectivity index (χ1v) is 6.74. The minimum Gasteiger partial charge on any atom is -0.354 e. The molecule has 1 aliphatic carbocycles. The first-order valence-electron chi connectivity index (χ1n) is 6.36. The van der Waals surface area contributed by atoms with Crippen LogP contribution in [0.3, 0.4) is 0 Å². The Morgan fingerprint density at radius 3 is 2.79 bits per heavy atom. The molecule has 0 heterocycles. The Kier molecular flexibility index (Phi) is 6.11. The maximum absolute atomic E-state index is 12.0. The van der Waals surface area contributed by atoms with Gasteiger partial charge in [-0.25, -0.2) is 0 Å². The second kappa shape index (κ2) is 7.13. The lowest BCUT2D eigenvalue weighted by Gasteiger charge is -2.15. The normalized spacial score (nSPS) is 17.2. The van der Waals surface area contributed by atoms with E-state index in [0.717, 1.165) is 5.56 Å². The molecule has 3 nitrogen and oxygen atoms in total. The first-order chi connectivity index (χ1) is 8.58. The second-order valence-corrected chi connectivity index (χ2v) is 5.46. The summed E-state index contributed by atoms with van der Waals surface area (Å²) in [6.45, 7) is 2.44. The van der Waals surface area contributed by atoms with Gasteiger partial charge in [0.15, 0.2) is 0 Å². The molecule has 2 rings (SSSR count). The number of hydrogen-bond acceptors (Lipinski definition) is 2. The fraction of sp³-hybridized carbons (Fsp3) is 0.500. The summed E-state index contributed by atoms with van der Waals surface area (Å²) >= 11 is 5.92. The van der Waals surface area contributed by atoms with Crippen molar-refractivity contribution in [1.29, 1.82) is 0 Å². The van der Waals surface area contributed by atoms with E-state index in [1.54, 1.807) is 6.07 Å². The van der Waals surface area contributed by atoms with Crippen molar-refractivity contribution in [1.82, 2.24) is 5.32 Å². The first kappa shape index (κ1) is 16.3. The van der Waals surface area contributed by atoms with Gasteiger partial charge in [-0.05, 0) is 43.4 Å². The van der Waals surface area contributed by atoms with Crippen LogP contribution in [-0.4, -0.2) is 18.5 Å². The van der Waals surface area contributed by atoms with Gasteiger partial charge in [0.1, 0.15) is 0 Å². The lowest BCUT2D eigenvalue weighted by atomic mass is 10.0. The van der Waals surface area contributed by atoms with E-state index in [0.29, 0.717) is 17.5 Å². The van der Waals surface area contributed by atoms with Crippen LogP contribution in [0.2, 0.25) is 5.02 Å². The third-order valence-electron chi connectivity index (χ3n) is 3.48. The molecule has 0 aromatic heterocycles. The van der Waals surface area contributed by atoms with E-state index in [9.17, 15) is 4.79 Å². The van der Waals surface area contributed by atoms with Crippen molar-refractivity contribution in [2.75, 3.05) is 6.54 Å². The Hall–Kier alpha value is -0.770. The average Bonchev–Trinajstić information content (AvgIpc) is 3.18. The minimum absolute atomic E-state index is 0. The summed E-state index contributed by atoms with van der Waals surface area (Å²) in [6.07, 6.45) is 2.39. The maximum atomic E-state index is 12.0. The van der Waals surface area contributed by atoms with Crippen LogP contribution in [0.1, 0.15) is 31.2 Å². The molecule has 1 fully saturated rings. The molecule has 1 amide bonds. The quantitative estimate of drug-likeness (QED) is 0.879. The molecule has 1 aromatic rings. The van der Waals surface area contributed by atoms with Crippen LogP contribution in [0.25, 0.3) is 0 Å². The summed E-state index contributed by atoms with van der Waals surface area (Å²) in [7, 11) is 0. The lowest BCUT2D eigenvalue weighted by Crippen LogP contribution is -2.40. The van der Waals surface area contributed by atoms with Crippen LogP contribution in [0, 0.1) is 5.92 Å². The zero-order chi connectivity index (χ0) is 13.1. The monoisotopic (exact) mass is 302 g/mol. The number of nitrogens with two attached hydrogens (primary N) is 1. The number of rotatable bonds is 5. The van der Waals surface area contributed by atoms with Gasteiger partial charge >= 0.3 is 0 Å². The molecule has 0 radical (unpaired) electrons. The van der Waals surface area contributed by atoms with Crippen LogP contribution in [-0.2, 0) is 4.79 Å². The summed E-state index contributed by atoms with van der Waals surface area (Å²) < 4.78 is 0. The van der Waals surface area contributed by atoms with Gasteiger partial charge in [-0.2, -0.15) is 0 Å². The average molecular weight is 303 g/mol. The molecule has 0 spiro atoms. The van der Waals surface area contributed by atoms with E-state index < -0.39 is 0 Å². The predicted octanol–water partition coefficient (Wildman–Crippen LogP) is 2.72. The Labute approximate surface area is 125 Å². The van der Waals surface area contributed by atoms with Crippen molar-refractivity contribution in [3.05, 3.63) is 34.9 Å². The third-order valence-corrected chi connectivity index (χ3v) is 3.72. The number of benzene rings is 1. The smallest absolute Gasteiger partial charge is 0.227 e. The SMILES string of the molecule is CC(C(=O)NCC(N)C1CC1)c1cccc(Cl)c1.Cl. The molecule has 2 unspecified atom stereocenters. The van der Waals surface area contributed by atoms with Crippen molar-refractivity contribution < 1.29 is 4.79 Å². The fourth-order valence-corrected chi connectivity index (χ4v) is 2.19. The van der Waals surface area contributed by atoms with E-state index in [1.807, 2.05) is 25.1 Å². The van der Waals surface area contributed by atoms with Gasteiger partial charge in [-0.15, -0.1) is 12.4 Å². The number of carbonyl (C=O) groups is 1. The van der Waals surface area contributed by atoms with E-state index in [-0.39, 0.29) is 30.3 Å². The molecule has 5 heteroatoms. The van der Waals surface area contributed by atoms with Crippen molar-refractivity contribution >= 4 is 29.9 Å². The van der Waals surface area contributed by atoms with Gasteiger partial charge < -0.3 is 11.1 Å². The van der Waals surface area contributed by atoms with E-state index in [4.69, 9.17) is 17.3 Å². The molecule has 0 bridgehead atoms. The maximum Gasteiger partial charge on any atom is 0.227 e. The zero-order valence-electron chi connectivity index (χ0n) is 10.9. The molecule has 19 heavy (non-hydrogen) atoms. The summed E-state index contributed by atoms with van der Waals surface area (Å²) in [5.41, 5.74) is 6.88. The number of amides is 1. The van der Waals surface area contributed by atoms with Crippen LogP contribution in [0.5, 0.6) is 0 Å². The standard InChI is InChI=1S/C14H19ClN2O.ClH/c1-9(11-3-2-4-12(15)7-11)14(18)17-8-13(16)10-5-6-10;/h2-4,7,9-10,13H,5-6,8,16H2,1H3,(H,17,18);1H. The second-order valence-electron chi connectivity index (χ2n) is 5.02. The van der Waals surface area contributed by atoms with E-state index >= 15 is 0 Å². The highest BCUT2D eigenvalue weighted by molar-refractivity contribution is 6.30. The molecule has 1 aromatic carbocycles. The number of nitrogens with one attached hydrogen (secondary N) is 1. The van der Waals surface area contributed by atoms with E-state index in [2.05, 4.69) is 5.32 Å². The van der Waals surface area contributed by atoms with Gasteiger partial charge in [0.25, 0.3) is 0 Å². The predicted molar refractivity (Wildman–Crippen MR) is 80.8 cm³/mol. The molecule has 2 atom stereocenters. The zero-order valence-corrected chi connectivity index (χ0v) is 12.5. The third kappa shape index (κ3) is 4.68. The summed E-state index contributed by atoms with van der Waals surface area (Å²) in [6, 6.07) is 7.50. The highest BCUT2D eigenvalue weighted by Gasteiger charge is 2.28. The van der Waals surface area contributed by atoms with Crippen molar-refractivity contribution in [3.63, 3.8) is 0 Å². The van der Waals surface area contributed by atoms with Crippen LogP contribution in [0.4, 0.5) is 0 Å². The van der Waals surface area contributed by atoms with E-state index in [1.165, 1.54) is 12.8 Å². The Balaban J connectivity index is 0.00000180. The van der Waals surface area contributed by atoms with Crippen molar-refractivity contribution in [3.8, 4) is 0 Å². The summed E-state index contributed by atoms with van der Waals surface area (Å²) in [4.78, 5) is 12.0. The topological polar surface area (TPSA) is 55.1 Å². The molecule has 0 saturated heterocycles. The van der Waals surface area contributed by atoms with Crippen LogP contribution >= 0.6 is 24.0 Å². The molecular weight excluding hydrogens is 283 g/mol. The fourth-order valence-electron chi connectivity index (χ4n) is 1.99. The Morgan fingerprint density at radius 2 is 2.21 bits per heavy atom. The van der Waals surface area contributed by atoms with Crippen LogP contribution < -0.4 is 11.1 Å². The van der Waals surface area contributed by atoms with Crippen LogP contribution in [0.15, 0.2) is 24.3 Å². The largest absolute Gasteiger partial charge is 0.354 e.